The lowest BCUT2D eigenvalue weighted by Gasteiger charge is -2.24. The summed E-state index contributed by atoms with van der Waals surface area (Å²) < 4.78 is 2.11. The molecule has 4 heteroatoms. The van der Waals surface area contributed by atoms with Crippen molar-refractivity contribution in [1.29, 1.82) is 0 Å². The quantitative estimate of drug-likeness (QED) is 0.819. The standard InChI is InChI=1S/C19H24N2OS/c1-3-4-6-15-8-10-16(11-9-15)18(22)21-13-14-23-19(21)17-7-5-12-20(17)2/h5,7-12,19H,3-4,6,13-14H2,1-2H3/t19-/m0/s1. The first-order chi connectivity index (χ1) is 11.2. The van der Waals surface area contributed by atoms with E-state index in [1.807, 2.05) is 48.1 Å². The Bertz CT molecular complexity index is 662. The number of nitrogens with zero attached hydrogens (tertiary/aromatic N) is 2. The molecule has 3 rings (SSSR count). The average molecular weight is 328 g/mol. The van der Waals surface area contributed by atoms with Crippen molar-refractivity contribution in [2.24, 2.45) is 7.05 Å². The van der Waals surface area contributed by atoms with Crippen molar-refractivity contribution in [1.82, 2.24) is 9.47 Å². The number of carbonyl (C=O) groups is 1. The summed E-state index contributed by atoms with van der Waals surface area (Å²) in [5.41, 5.74) is 3.31. The zero-order valence-corrected chi connectivity index (χ0v) is 14.7. The van der Waals surface area contributed by atoms with Crippen molar-refractivity contribution >= 4 is 17.7 Å². The highest BCUT2D eigenvalue weighted by atomic mass is 32.2. The summed E-state index contributed by atoms with van der Waals surface area (Å²) in [7, 11) is 2.04. The molecule has 1 aromatic heterocycles. The second kappa shape index (κ2) is 7.26. The number of thioether (sulfide) groups is 1. The molecule has 0 spiro atoms. The second-order valence-corrected chi connectivity index (χ2v) is 7.25. The van der Waals surface area contributed by atoms with E-state index in [1.165, 1.54) is 24.1 Å². The monoisotopic (exact) mass is 328 g/mol. The maximum absolute atomic E-state index is 12.9. The summed E-state index contributed by atoms with van der Waals surface area (Å²) in [6.07, 6.45) is 5.53. The van der Waals surface area contributed by atoms with Crippen LogP contribution in [0.25, 0.3) is 0 Å². The molecule has 3 nitrogen and oxygen atoms in total. The zero-order valence-electron chi connectivity index (χ0n) is 13.9. The Labute approximate surface area is 142 Å². The van der Waals surface area contributed by atoms with Crippen molar-refractivity contribution in [2.75, 3.05) is 12.3 Å². The number of hydrogen-bond donors (Lipinski definition) is 0. The molecule has 1 fully saturated rings. The van der Waals surface area contributed by atoms with E-state index < -0.39 is 0 Å². The van der Waals surface area contributed by atoms with Gasteiger partial charge in [0, 0.05) is 31.1 Å². The Balaban J connectivity index is 1.75. The maximum Gasteiger partial charge on any atom is 0.255 e. The summed E-state index contributed by atoms with van der Waals surface area (Å²) in [6.45, 7) is 3.02. The normalized spacial score (nSPS) is 17.7. The molecule has 1 aromatic carbocycles. The van der Waals surface area contributed by atoms with Gasteiger partial charge in [-0.25, -0.2) is 0 Å². The molecule has 2 heterocycles. The molecule has 2 aromatic rings. The minimum absolute atomic E-state index is 0.127. The first kappa shape index (κ1) is 16.2. The minimum Gasteiger partial charge on any atom is -0.352 e. The molecule has 0 radical (unpaired) electrons. The third-order valence-electron chi connectivity index (χ3n) is 4.41. The lowest BCUT2D eigenvalue weighted by molar-refractivity contribution is 0.0757. The number of aromatic nitrogens is 1. The van der Waals surface area contributed by atoms with Crippen molar-refractivity contribution < 1.29 is 4.79 Å². The number of benzene rings is 1. The molecule has 23 heavy (non-hydrogen) atoms. The van der Waals surface area contributed by atoms with E-state index in [-0.39, 0.29) is 11.3 Å². The zero-order chi connectivity index (χ0) is 16.2. The smallest absolute Gasteiger partial charge is 0.255 e. The molecule has 1 atom stereocenters. The van der Waals surface area contributed by atoms with E-state index in [2.05, 4.69) is 29.7 Å². The second-order valence-electron chi connectivity index (χ2n) is 6.07. The van der Waals surface area contributed by atoms with Gasteiger partial charge in [0.1, 0.15) is 5.37 Å². The summed E-state index contributed by atoms with van der Waals surface area (Å²) in [6, 6.07) is 12.3. The third-order valence-corrected chi connectivity index (χ3v) is 5.64. The van der Waals surface area contributed by atoms with Gasteiger partial charge in [-0.05, 0) is 42.7 Å². The fourth-order valence-corrected chi connectivity index (χ4v) is 4.34. The van der Waals surface area contributed by atoms with E-state index in [0.29, 0.717) is 0 Å². The molecule has 0 unspecified atom stereocenters. The topological polar surface area (TPSA) is 25.2 Å². The van der Waals surface area contributed by atoms with E-state index in [4.69, 9.17) is 0 Å². The number of unbranched alkanes of at least 4 members (excludes halogenated alkanes) is 1. The first-order valence-corrected chi connectivity index (χ1v) is 9.38. The lowest BCUT2D eigenvalue weighted by Crippen LogP contribution is -2.31. The van der Waals surface area contributed by atoms with Gasteiger partial charge in [0.15, 0.2) is 0 Å². The number of rotatable bonds is 5. The fraction of sp³-hybridized carbons (Fsp3) is 0.421. The van der Waals surface area contributed by atoms with Crippen LogP contribution in [0.4, 0.5) is 0 Å². The van der Waals surface area contributed by atoms with Crippen LogP contribution in [-0.4, -0.2) is 27.7 Å². The summed E-state index contributed by atoms with van der Waals surface area (Å²) in [4.78, 5) is 14.9. The van der Waals surface area contributed by atoms with E-state index in [0.717, 1.165) is 24.3 Å². The molecule has 122 valence electrons. The van der Waals surface area contributed by atoms with E-state index in [1.54, 1.807) is 0 Å². The van der Waals surface area contributed by atoms with Gasteiger partial charge in [0.25, 0.3) is 5.91 Å². The Hall–Kier alpha value is -1.68. The van der Waals surface area contributed by atoms with Crippen LogP contribution >= 0.6 is 11.8 Å². The lowest BCUT2D eigenvalue weighted by atomic mass is 10.1. The van der Waals surface area contributed by atoms with Gasteiger partial charge < -0.3 is 9.47 Å². The van der Waals surface area contributed by atoms with E-state index in [9.17, 15) is 4.79 Å². The summed E-state index contributed by atoms with van der Waals surface area (Å²) in [5.74, 6) is 1.14. The highest BCUT2D eigenvalue weighted by Gasteiger charge is 2.32. The van der Waals surface area contributed by atoms with Crippen LogP contribution in [0.3, 0.4) is 0 Å². The number of amides is 1. The van der Waals surface area contributed by atoms with Gasteiger partial charge >= 0.3 is 0 Å². The van der Waals surface area contributed by atoms with Gasteiger partial charge in [-0.2, -0.15) is 0 Å². The van der Waals surface area contributed by atoms with Crippen LogP contribution in [0.1, 0.15) is 46.8 Å². The Morgan fingerprint density at radius 3 is 2.70 bits per heavy atom. The molecule has 1 saturated heterocycles. The first-order valence-electron chi connectivity index (χ1n) is 8.33. The van der Waals surface area contributed by atoms with Crippen LogP contribution in [-0.2, 0) is 13.5 Å². The largest absolute Gasteiger partial charge is 0.352 e. The van der Waals surface area contributed by atoms with Crippen LogP contribution in [0.5, 0.6) is 0 Å². The molecule has 1 amide bonds. The average Bonchev–Trinajstić information content (AvgIpc) is 3.21. The van der Waals surface area contributed by atoms with Crippen molar-refractivity contribution in [3.05, 3.63) is 59.4 Å². The van der Waals surface area contributed by atoms with Crippen LogP contribution in [0, 0.1) is 0 Å². The minimum atomic E-state index is 0.127. The predicted molar refractivity (Wildman–Crippen MR) is 96.7 cm³/mol. The van der Waals surface area contributed by atoms with Crippen LogP contribution in [0.15, 0.2) is 42.6 Å². The van der Waals surface area contributed by atoms with Gasteiger partial charge in [-0.3, -0.25) is 4.79 Å². The van der Waals surface area contributed by atoms with Gasteiger partial charge in [0.05, 0.1) is 5.69 Å². The number of carbonyl (C=O) groups excluding carboxylic acids is 1. The molecular formula is C19H24N2OS. The van der Waals surface area contributed by atoms with Crippen molar-refractivity contribution in [3.63, 3.8) is 0 Å². The third kappa shape index (κ3) is 3.47. The summed E-state index contributed by atoms with van der Waals surface area (Å²) in [5, 5.41) is 0.127. The maximum atomic E-state index is 12.9. The molecule has 0 saturated carbocycles. The van der Waals surface area contributed by atoms with Crippen molar-refractivity contribution in [2.45, 2.75) is 31.6 Å². The van der Waals surface area contributed by atoms with Crippen LogP contribution in [0.2, 0.25) is 0 Å². The van der Waals surface area contributed by atoms with Crippen molar-refractivity contribution in [3.8, 4) is 0 Å². The Morgan fingerprint density at radius 1 is 1.26 bits per heavy atom. The van der Waals surface area contributed by atoms with Crippen LogP contribution < -0.4 is 0 Å². The molecule has 1 aliphatic heterocycles. The van der Waals surface area contributed by atoms with Gasteiger partial charge in [-0.15, -0.1) is 11.8 Å². The molecule has 0 bridgehead atoms. The highest BCUT2D eigenvalue weighted by molar-refractivity contribution is 7.99. The highest BCUT2D eigenvalue weighted by Crippen LogP contribution is 2.38. The molecule has 1 aliphatic rings. The SMILES string of the molecule is CCCCc1ccc(C(=O)N2CCS[C@H]2c2cccn2C)cc1. The van der Waals surface area contributed by atoms with Gasteiger partial charge in [0.2, 0.25) is 0 Å². The fourth-order valence-electron chi connectivity index (χ4n) is 3.01. The molecule has 0 aliphatic carbocycles. The molecular weight excluding hydrogens is 304 g/mol. The number of hydrogen-bond acceptors (Lipinski definition) is 2. The Kier molecular flexibility index (Phi) is 5.11. The van der Waals surface area contributed by atoms with E-state index >= 15 is 0 Å². The summed E-state index contributed by atoms with van der Waals surface area (Å²) >= 11 is 1.84. The molecule has 0 N–H and O–H groups in total. The van der Waals surface area contributed by atoms with Gasteiger partial charge in [-0.1, -0.05) is 25.5 Å². The predicted octanol–water partition coefficient (Wildman–Crippen LogP) is 4.26. The number of aryl methyl sites for hydroxylation is 2. The Morgan fingerprint density at radius 2 is 2.04 bits per heavy atom.